The number of rotatable bonds is 13. The van der Waals surface area contributed by atoms with Gasteiger partial charge in [0.05, 0.1) is 22.3 Å². The maximum atomic E-state index is 14.0. The second kappa shape index (κ2) is 17.8. The lowest BCUT2D eigenvalue weighted by molar-refractivity contribution is -0.384. The molecule has 9 rings (SSSR count). The number of piperidine rings is 1. The minimum atomic E-state index is -4.66. The number of aromatic amines is 1. The number of anilines is 2. The zero-order chi connectivity index (χ0) is 45.7. The third kappa shape index (κ3) is 9.40. The molecule has 344 valence electrons. The number of halogens is 1. The van der Waals surface area contributed by atoms with E-state index in [1.54, 1.807) is 37.4 Å². The molecule has 2 aliphatic carbocycles. The molecule has 2 saturated carbocycles. The number of H-pyrrole nitrogens is 1. The number of ether oxygens (including phenoxy) is 1. The molecule has 0 unspecified atom stereocenters. The number of hydrogen-bond donors (Lipinski definition) is 4. The van der Waals surface area contributed by atoms with E-state index in [0.29, 0.717) is 42.9 Å². The number of nitro groups is 1. The lowest BCUT2D eigenvalue weighted by Crippen LogP contribution is -2.63. The predicted octanol–water partition coefficient (Wildman–Crippen LogP) is 9.15. The van der Waals surface area contributed by atoms with Gasteiger partial charge in [-0.05, 0) is 117 Å². The Hall–Kier alpha value is -5.29. The number of nitrogens with zero attached hydrogens (tertiary/aromatic N) is 5. The zero-order valence-corrected chi connectivity index (χ0v) is 38.6. The van der Waals surface area contributed by atoms with Crippen molar-refractivity contribution in [1.82, 2.24) is 24.6 Å². The summed E-state index contributed by atoms with van der Waals surface area (Å²) in [5.41, 5.74) is 3.22. The highest BCUT2D eigenvalue weighted by molar-refractivity contribution is 7.90. The fraction of sp³-hybridized carbons (Fsp3) is 0.479. The molecule has 1 spiro atoms. The standard InChI is InChI=1S/C48H57ClN8O7S/c1-30(2)35-7-4-5-8-36(35)37-9-6-10-39(37)56-28-48(29-56)18-21-55(22-19-48)33-11-12-38(41(24-33)64-42-23-32-15-20-50-44(32)53-43(42)49)46(58)54-65(62,63)34-25-40(57(60)61)45(52-27-34)51-26-31-13-16-47(3,59)17-14-31/h4-5,7-8,11-12,15,20,23-25,27,30-31,37,39,59H,6,9-10,13-14,16-19,21-22,26,28-29H2,1-3H3,(H,50,53)(H,51,52)(H,54,58)/t31?,37-,39-,47?/m0/s1. The van der Waals surface area contributed by atoms with Crippen molar-refractivity contribution < 1.29 is 28.0 Å². The Labute approximate surface area is 384 Å². The fourth-order valence-electron chi connectivity index (χ4n) is 10.7. The lowest BCUT2D eigenvalue weighted by Gasteiger charge is -2.57. The number of likely N-dealkylation sites (tertiary alicyclic amines) is 1. The van der Waals surface area contributed by atoms with Crippen LogP contribution in [0.25, 0.3) is 11.0 Å². The molecule has 2 aromatic carbocycles. The number of benzene rings is 2. The molecule has 0 bridgehead atoms. The molecule has 4 aliphatic rings. The summed E-state index contributed by atoms with van der Waals surface area (Å²) in [6.45, 7) is 10.5. The average Bonchev–Trinajstić information content (AvgIpc) is 3.95. The van der Waals surface area contributed by atoms with Gasteiger partial charge in [0.25, 0.3) is 15.9 Å². The first-order valence-electron chi connectivity index (χ1n) is 22.8. The Morgan fingerprint density at radius 1 is 1.03 bits per heavy atom. The van der Waals surface area contributed by atoms with E-state index in [1.807, 2.05) is 0 Å². The van der Waals surface area contributed by atoms with Gasteiger partial charge in [0, 0.05) is 68.2 Å². The Balaban J connectivity index is 0.908. The summed E-state index contributed by atoms with van der Waals surface area (Å²) >= 11 is 6.58. The van der Waals surface area contributed by atoms with Crippen molar-refractivity contribution in [1.29, 1.82) is 0 Å². The summed E-state index contributed by atoms with van der Waals surface area (Å²) in [6.07, 6.45) is 11.1. The van der Waals surface area contributed by atoms with E-state index in [0.717, 1.165) is 75.2 Å². The second-order valence-corrected chi connectivity index (χ2v) is 21.3. The van der Waals surface area contributed by atoms with Crippen molar-refractivity contribution in [3.05, 3.63) is 105 Å². The highest BCUT2D eigenvalue weighted by Crippen LogP contribution is 2.49. The Morgan fingerprint density at radius 2 is 1.78 bits per heavy atom. The molecule has 2 aliphatic heterocycles. The van der Waals surface area contributed by atoms with E-state index in [9.17, 15) is 28.4 Å². The summed E-state index contributed by atoms with van der Waals surface area (Å²) in [4.78, 5) is 41.4. The third-order valence-electron chi connectivity index (χ3n) is 14.4. The molecule has 3 aromatic heterocycles. The van der Waals surface area contributed by atoms with Gasteiger partial charge in [-0.25, -0.2) is 23.1 Å². The Bertz CT molecular complexity index is 2700. The molecule has 5 heterocycles. The normalized spacial score (nSPS) is 23.4. The average molecular weight is 926 g/mol. The van der Waals surface area contributed by atoms with Gasteiger partial charge in [-0.15, -0.1) is 0 Å². The first-order valence-corrected chi connectivity index (χ1v) is 24.6. The number of hydrogen-bond acceptors (Lipinski definition) is 12. The van der Waals surface area contributed by atoms with Gasteiger partial charge in [-0.3, -0.25) is 19.8 Å². The van der Waals surface area contributed by atoms with Crippen molar-refractivity contribution in [2.45, 2.75) is 107 Å². The molecule has 65 heavy (non-hydrogen) atoms. The molecule has 4 fully saturated rings. The van der Waals surface area contributed by atoms with Crippen LogP contribution in [0.15, 0.2) is 78.0 Å². The van der Waals surface area contributed by atoms with Crippen molar-refractivity contribution in [3.8, 4) is 11.5 Å². The number of amides is 1. The summed E-state index contributed by atoms with van der Waals surface area (Å²) in [7, 11) is -4.66. The van der Waals surface area contributed by atoms with Crippen LogP contribution < -0.4 is 19.7 Å². The molecule has 4 N–H and O–H groups in total. The summed E-state index contributed by atoms with van der Waals surface area (Å²) in [6, 6.07) is 19.0. The molecule has 2 saturated heterocycles. The van der Waals surface area contributed by atoms with Crippen LogP contribution in [-0.2, 0) is 10.0 Å². The molecule has 1 amide bonds. The number of pyridine rings is 2. The number of sulfonamides is 1. The maximum Gasteiger partial charge on any atom is 0.312 e. The van der Waals surface area contributed by atoms with E-state index >= 15 is 0 Å². The lowest BCUT2D eigenvalue weighted by atomic mass is 9.70. The summed E-state index contributed by atoms with van der Waals surface area (Å²) < 4.78 is 35.9. The van der Waals surface area contributed by atoms with E-state index in [1.165, 1.54) is 36.5 Å². The summed E-state index contributed by atoms with van der Waals surface area (Å²) in [5.74, 6) is 0.349. The van der Waals surface area contributed by atoms with Gasteiger partial charge in [0.1, 0.15) is 16.3 Å². The third-order valence-corrected chi connectivity index (χ3v) is 16.0. The quantitative estimate of drug-likeness (QED) is 0.0498. The molecular formula is C48H57ClN8O7S. The SMILES string of the molecule is CC(C)c1ccccc1[C@@H]1CCC[C@@H]1N1CC2(CCN(c3ccc(C(=O)NS(=O)(=O)c4cnc(NCC5CCC(C)(O)CC5)c([N+](=O)[O-])c4)c(Oc4cc5cc[nH]c5nc4Cl)c3)CC2)C1. The molecule has 15 nitrogen and oxygen atoms in total. The zero-order valence-electron chi connectivity index (χ0n) is 37.1. The van der Waals surface area contributed by atoms with Crippen LogP contribution in [0, 0.1) is 21.4 Å². The van der Waals surface area contributed by atoms with Crippen molar-refractivity contribution in [2.24, 2.45) is 11.3 Å². The number of nitrogens with one attached hydrogen (secondary N) is 3. The topological polar surface area (TPSA) is 196 Å². The molecule has 17 heteroatoms. The highest BCUT2D eigenvalue weighted by atomic mass is 35.5. The highest BCUT2D eigenvalue weighted by Gasteiger charge is 2.49. The van der Waals surface area contributed by atoms with E-state index in [2.05, 4.69) is 72.9 Å². The van der Waals surface area contributed by atoms with Crippen LogP contribution in [0.1, 0.15) is 112 Å². The van der Waals surface area contributed by atoms with Crippen LogP contribution in [0.3, 0.4) is 0 Å². The minimum absolute atomic E-state index is 0.0402. The fourth-order valence-corrected chi connectivity index (χ4v) is 11.8. The number of carbonyl (C=O) groups excluding carboxylic acids is 1. The van der Waals surface area contributed by atoms with Gasteiger partial charge in [0.15, 0.2) is 10.9 Å². The van der Waals surface area contributed by atoms with Crippen LogP contribution in [-0.4, -0.2) is 88.6 Å². The Morgan fingerprint density at radius 3 is 2.52 bits per heavy atom. The van der Waals surface area contributed by atoms with Crippen LogP contribution >= 0.6 is 11.6 Å². The van der Waals surface area contributed by atoms with E-state index in [-0.39, 0.29) is 39.4 Å². The van der Waals surface area contributed by atoms with Crippen LogP contribution in [0.2, 0.25) is 5.15 Å². The molecule has 0 radical (unpaired) electrons. The van der Waals surface area contributed by atoms with Crippen LogP contribution in [0.4, 0.5) is 17.2 Å². The first-order chi connectivity index (χ1) is 31.1. The van der Waals surface area contributed by atoms with Gasteiger partial charge in [-0.2, -0.15) is 0 Å². The first kappa shape index (κ1) is 44.9. The monoisotopic (exact) mass is 924 g/mol. The predicted molar refractivity (Wildman–Crippen MR) is 251 cm³/mol. The van der Waals surface area contributed by atoms with Crippen molar-refractivity contribution in [2.75, 3.05) is 42.9 Å². The minimum Gasteiger partial charge on any atom is -0.453 e. The number of aromatic nitrogens is 3. The molecule has 5 aromatic rings. The van der Waals surface area contributed by atoms with Gasteiger partial charge in [0.2, 0.25) is 5.82 Å². The van der Waals surface area contributed by atoms with E-state index in [4.69, 9.17) is 16.3 Å². The van der Waals surface area contributed by atoms with Crippen molar-refractivity contribution >= 4 is 55.8 Å². The van der Waals surface area contributed by atoms with Gasteiger partial charge < -0.3 is 25.0 Å². The van der Waals surface area contributed by atoms with Crippen LogP contribution in [0.5, 0.6) is 11.5 Å². The van der Waals surface area contributed by atoms with Crippen molar-refractivity contribution in [3.63, 3.8) is 0 Å². The molecular weight excluding hydrogens is 868 g/mol. The van der Waals surface area contributed by atoms with Gasteiger partial charge in [-0.1, -0.05) is 56.1 Å². The summed E-state index contributed by atoms with van der Waals surface area (Å²) in [5, 5.41) is 26.2. The largest absolute Gasteiger partial charge is 0.453 e. The Kier molecular flexibility index (Phi) is 12.3. The molecule has 2 atom stereocenters. The second-order valence-electron chi connectivity index (χ2n) is 19.3. The number of carbonyl (C=O) groups is 1. The maximum absolute atomic E-state index is 14.0. The van der Waals surface area contributed by atoms with E-state index < -0.39 is 37.0 Å². The smallest absolute Gasteiger partial charge is 0.312 e. The van der Waals surface area contributed by atoms with Gasteiger partial charge >= 0.3 is 5.69 Å². The number of fused-ring (bicyclic) bond motifs is 1. The number of aliphatic hydroxyl groups is 1.